The third-order valence-corrected chi connectivity index (χ3v) is 3.47. The van der Waals surface area contributed by atoms with E-state index in [2.05, 4.69) is 29.1 Å². The summed E-state index contributed by atoms with van der Waals surface area (Å²) in [6.45, 7) is 5.99. The Balaban J connectivity index is 2.12. The van der Waals surface area contributed by atoms with Crippen molar-refractivity contribution in [3.05, 3.63) is 17.7 Å². The minimum atomic E-state index is -0.0938. The van der Waals surface area contributed by atoms with Gasteiger partial charge in [0.25, 0.3) is 0 Å². The van der Waals surface area contributed by atoms with E-state index in [4.69, 9.17) is 4.74 Å². The highest BCUT2D eigenvalue weighted by Crippen LogP contribution is 2.27. The summed E-state index contributed by atoms with van der Waals surface area (Å²) in [5.41, 5.74) is 1.16. The molecular weight excluding hydrogens is 202 g/mol. The largest absolute Gasteiger partial charge is 0.381 e. The van der Waals surface area contributed by atoms with Crippen LogP contribution in [0.25, 0.3) is 0 Å². The first-order valence-electron chi connectivity index (χ1n) is 5.95. The third-order valence-electron chi connectivity index (χ3n) is 3.47. The summed E-state index contributed by atoms with van der Waals surface area (Å²) in [5.74, 6) is 1.60. The van der Waals surface area contributed by atoms with Gasteiger partial charge in [0.1, 0.15) is 5.82 Å². The molecule has 2 N–H and O–H groups in total. The summed E-state index contributed by atoms with van der Waals surface area (Å²) >= 11 is 0. The fraction of sp³-hybridized carbons (Fsp3) is 0.750. The third kappa shape index (κ3) is 2.28. The molecule has 1 fully saturated rings. The van der Waals surface area contributed by atoms with Gasteiger partial charge in [0, 0.05) is 31.0 Å². The average molecular weight is 223 g/mol. The molecule has 0 amide bonds. The Morgan fingerprint density at radius 1 is 1.44 bits per heavy atom. The smallest absolute Gasteiger partial charge is 0.126 e. The maximum absolute atomic E-state index is 5.37. The molecule has 0 saturated carbocycles. The molecule has 0 bridgehead atoms. The van der Waals surface area contributed by atoms with Crippen LogP contribution in [0.1, 0.15) is 44.1 Å². The zero-order valence-corrected chi connectivity index (χ0v) is 10.3. The summed E-state index contributed by atoms with van der Waals surface area (Å²) in [6.07, 6.45) is 4.17. The molecule has 90 valence electrons. The van der Waals surface area contributed by atoms with Gasteiger partial charge in [0.05, 0.1) is 5.54 Å². The van der Waals surface area contributed by atoms with E-state index in [1.165, 1.54) is 5.69 Å². The van der Waals surface area contributed by atoms with Gasteiger partial charge < -0.3 is 15.0 Å². The molecule has 0 spiro atoms. The first-order valence-corrected chi connectivity index (χ1v) is 5.95. The number of imidazole rings is 1. The Morgan fingerprint density at radius 2 is 2.12 bits per heavy atom. The molecule has 0 atom stereocenters. The lowest BCUT2D eigenvalue weighted by atomic mass is 9.97. The van der Waals surface area contributed by atoms with Crippen LogP contribution in [0.4, 0.5) is 0 Å². The van der Waals surface area contributed by atoms with Gasteiger partial charge >= 0.3 is 0 Å². The van der Waals surface area contributed by atoms with Gasteiger partial charge in [-0.2, -0.15) is 0 Å². The number of hydrogen-bond donors (Lipinski definition) is 2. The normalized spacial score (nSPS) is 18.9. The van der Waals surface area contributed by atoms with Crippen molar-refractivity contribution in [1.29, 1.82) is 0 Å². The van der Waals surface area contributed by atoms with E-state index in [1.807, 2.05) is 13.2 Å². The molecule has 1 saturated heterocycles. The fourth-order valence-electron chi connectivity index (χ4n) is 1.99. The zero-order chi connectivity index (χ0) is 11.6. The van der Waals surface area contributed by atoms with Crippen LogP contribution in [0, 0.1) is 0 Å². The molecular formula is C12H21N3O. The van der Waals surface area contributed by atoms with Gasteiger partial charge in [-0.25, -0.2) is 4.98 Å². The monoisotopic (exact) mass is 223 g/mol. The molecule has 4 nitrogen and oxygen atoms in total. The van der Waals surface area contributed by atoms with Crippen LogP contribution in [0.5, 0.6) is 0 Å². The van der Waals surface area contributed by atoms with E-state index < -0.39 is 0 Å². The quantitative estimate of drug-likeness (QED) is 0.821. The van der Waals surface area contributed by atoms with E-state index in [0.29, 0.717) is 5.92 Å². The van der Waals surface area contributed by atoms with E-state index >= 15 is 0 Å². The van der Waals surface area contributed by atoms with Crippen LogP contribution in [0.15, 0.2) is 6.20 Å². The van der Waals surface area contributed by atoms with Gasteiger partial charge in [0.15, 0.2) is 0 Å². The minimum Gasteiger partial charge on any atom is -0.381 e. The average Bonchev–Trinajstić information content (AvgIpc) is 2.80. The molecule has 1 aliphatic heterocycles. The highest BCUT2D eigenvalue weighted by atomic mass is 16.5. The first-order chi connectivity index (χ1) is 7.63. The molecule has 2 heterocycles. The lowest BCUT2D eigenvalue weighted by Gasteiger charge is -2.22. The van der Waals surface area contributed by atoms with Crippen molar-refractivity contribution in [2.75, 3.05) is 20.3 Å². The van der Waals surface area contributed by atoms with Crippen molar-refractivity contribution in [3.63, 3.8) is 0 Å². The van der Waals surface area contributed by atoms with Gasteiger partial charge in [-0.05, 0) is 33.7 Å². The van der Waals surface area contributed by atoms with Crippen molar-refractivity contribution in [2.24, 2.45) is 0 Å². The van der Waals surface area contributed by atoms with Crippen LogP contribution in [0.3, 0.4) is 0 Å². The van der Waals surface area contributed by atoms with E-state index in [0.717, 1.165) is 31.9 Å². The molecule has 1 aromatic heterocycles. The Bertz CT molecular complexity index is 340. The number of hydrogen-bond acceptors (Lipinski definition) is 3. The number of aromatic amines is 1. The second-order valence-electron chi connectivity index (χ2n) is 4.95. The van der Waals surface area contributed by atoms with E-state index in [9.17, 15) is 0 Å². The number of H-pyrrole nitrogens is 1. The van der Waals surface area contributed by atoms with Crippen LogP contribution in [-0.2, 0) is 10.3 Å². The Kier molecular flexibility index (Phi) is 3.30. The molecule has 0 aliphatic carbocycles. The van der Waals surface area contributed by atoms with Crippen molar-refractivity contribution in [3.8, 4) is 0 Å². The summed E-state index contributed by atoms with van der Waals surface area (Å²) in [5, 5.41) is 3.26. The number of rotatable bonds is 3. The molecule has 2 rings (SSSR count). The topological polar surface area (TPSA) is 49.9 Å². The van der Waals surface area contributed by atoms with Crippen LogP contribution in [-0.4, -0.2) is 30.2 Å². The summed E-state index contributed by atoms with van der Waals surface area (Å²) < 4.78 is 5.37. The zero-order valence-electron chi connectivity index (χ0n) is 10.3. The summed E-state index contributed by atoms with van der Waals surface area (Å²) in [7, 11) is 1.96. The predicted octanol–water partition coefficient (Wildman–Crippen LogP) is 1.76. The maximum atomic E-state index is 5.37. The molecule has 0 radical (unpaired) electrons. The van der Waals surface area contributed by atoms with Gasteiger partial charge in [-0.15, -0.1) is 0 Å². The second-order valence-corrected chi connectivity index (χ2v) is 4.95. The fourth-order valence-corrected chi connectivity index (χ4v) is 1.99. The van der Waals surface area contributed by atoms with Crippen LogP contribution < -0.4 is 5.32 Å². The molecule has 1 aromatic rings. The summed E-state index contributed by atoms with van der Waals surface area (Å²) in [4.78, 5) is 7.92. The van der Waals surface area contributed by atoms with Gasteiger partial charge in [0.2, 0.25) is 0 Å². The lowest BCUT2D eigenvalue weighted by molar-refractivity contribution is 0.0845. The summed E-state index contributed by atoms with van der Waals surface area (Å²) in [6, 6.07) is 0. The highest BCUT2D eigenvalue weighted by Gasteiger charge is 2.24. The number of nitrogens with one attached hydrogen (secondary N) is 2. The predicted molar refractivity (Wildman–Crippen MR) is 63.5 cm³/mol. The molecule has 1 aliphatic rings. The van der Waals surface area contributed by atoms with Crippen molar-refractivity contribution < 1.29 is 4.74 Å². The van der Waals surface area contributed by atoms with Crippen LogP contribution in [0.2, 0.25) is 0 Å². The first kappa shape index (κ1) is 11.6. The van der Waals surface area contributed by atoms with Crippen LogP contribution >= 0.6 is 0 Å². The molecule has 4 heteroatoms. The Morgan fingerprint density at radius 3 is 2.75 bits per heavy atom. The maximum Gasteiger partial charge on any atom is 0.126 e. The number of ether oxygens (including phenoxy) is 1. The minimum absolute atomic E-state index is 0.0938. The molecule has 0 aromatic carbocycles. The lowest BCUT2D eigenvalue weighted by Crippen LogP contribution is -2.34. The molecule has 16 heavy (non-hydrogen) atoms. The van der Waals surface area contributed by atoms with Gasteiger partial charge in [-0.3, -0.25) is 0 Å². The van der Waals surface area contributed by atoms with Gasteiger partial charge in [-0.1, -0.05) is 0 Å². The standard InChI is InChI=1S/C12H21N3O/c1-12(2,13-3)11-14-8-10(15-11)9-4-6-16-7-5-9/h8-9,13H,4-7H2,1-3H3,(H,14,15). The number of aromatic nitrogens is 2. The van der Waals surface area contributed by atoms with Crippen molar-refractivity contribution >= 4 is 0 Å². The van der Waals surface area contributed by atoms with Crippen molar-refractivity contribution in [1.82, 2.24) is 15.3 Å². The van der Waals surface area contributed by atoms with E-state index in [-0.39, 0.29) is 5.54 Å². The van der Waals surface area contributed by atoms with E-state index in [1.54, 1.807) is 0 Å². The second kappa shape index (κ2) is 4.55. The van der Waals surface area contributed by atoms with Crippen molar-refractivity contribution in [2.45, 2.75) is 38.1 Å². The SMILES string of the molecule is CNC(C)(C)c1ncc(C2CCOCC2)[nH]1. The Labute approximate surface area is 96.8 Å². The number of nitrogens with zero attached hydrogens (tertiary/aromatic N) is 1. The molecule has 0 unspecified atom stereocenters. The highest BCUT2D eigenvalue weighted by molar-refractivity contribution is 5.13. The Hall–Kier alpha value is -0.870.